The van der Waals surface area contributed by atoms with Crippen molar-refractivity contribution in [3.8, 4) is 0 Å². The molecule has 0 atom stereocenters. The summed E-state index contributed by atoms with van der Waals surface area (Å²) in [7, 11) is 0. The van der Waals surface area contributed by atoms with Crippen molar-refractivity contribution in [1.82, 2.24) is 9.80 Å². The molecule has 2 aliphatic heterocycles. The molecule has 116 valence electrons. The molecule has 1 aromatic carbocycles. The van der Waals surface area contributed by atoms with Crippen LogP contribution in [0.1, 0.15) is 17.3 Å². The third-order valence-electron chi connectivity index (χ3n) is 3.87. The first kappa shape index (κ1) is 14.9. The lowest BCUT2D eigenvalue weighted by molar-refractivity contribution is -0.130. The monoisotopic (exact) mass is 319 g/mol. The lowest BCUT2D eigenvalue weighted by atomic mass is 10.1. The lowest BCUT2D eigenvalue weighted by Crippen LogP contribution is -2.50. The fraction of sp³-hybridized carbons (Fsp3) is 0.400. The van der Waals surface area contributed by atoms with E-state index in [0.717, 1.165) is 4.90 Å². The molecule has 6 nitrogen and oxygen atoms in total. The Kier molecular flexibility index (Phi) is 4.06. The minimum atomic E-state index is -0.0594. The summed E-state index contributed by atoms with van der Waals surface area (Å²) in [5.41, 5.74) is 1.27. The summed E-state index contributed by atoms with van der Waals surface area (Å²) < 4.78 is 0. The van der Waals surface area contributed by atoms with E-state index in [1.165, 1.54) is 11.8 Å². The first-order valence-corrected chi connectivity index (χ1v) is 8.14. The SMILES string of the molecule is CC(=O)N1CCN(C(=O)c2ccc3c(c2)NC(=O)CS3)CC1. The Hall–Kier alpha value is -2.02. The van der Waals surface area contributed by atoms with Crippen LogP contribution in [0.5, 0.6) is 0 Å². The summed E-state index contributed by atoms with van der Waals surface area (Å²) in [5, 5.41) is 2.80. The van der Waals surface area contributed by atoms with Crippen LogP contribution in [-0.4, -0.2) is 59.5 Å². The molecule has 1 aromatic rings. The van der Waals surface area contributed by atoms with Crippen molar-refractivity contribution in [1.29, 1.82) is 0 Å². The zero-order chi connectivity index (χ0) is 15.7. The molecular weight excluding hydrogens is 302 g/mol. The minimum Gasteiger partial charge on any atom is -0.339 e. The first-order chi connectivity index (χ1) is 10.5. The van der Waals surface area contributed by atoms with Crippen molar-refractivity contribution >= 4 is 35.2 Å². The van der Waals surface area contributed by atoms with E-state index in [0.29, 0.717) is 43.2 Å². The minimum absolute atomic E-state index is 0.0422. The smallest absolute Gasteiger partial charge is 0.254 e. The Balaban J connectivity index is 1.72. The number of carbonyl (C=O) groups excluding carboxylic acids is 3. The van der Waals surface area contributed by atoms with Gasteiger partial charge in [-0.3, -0.25) is 14.4 Å². The zero-order valence-corrected chi connectivity index (χ0v) is 13.1. The van der Waals surface area contributed by atoms with Crippen LogP contribution in [0.15, 0.2) is 23.1 Å². The maximum Gasteiger partial charge on any atom is 0.254 e. The standard InChI is InChI=1S/C15H17N3O3S/c1-10(19)17-4-6-18(7-5-17)15(21)11-2-3-13-12(8-11)16-14(20)9-22-13/h2-3,8H,4-7,9H2,1H3,(H,16,20). The van der Waals surface area contributed by atoms with Crippen molar-refractivity contribution in [2.24, 2.45) is 0 Å². The second kappa shape index (κ2) is 6.00. The number of hydrogen-bond acceptors (Lipinski definition) is 4. The molecule has 0 saturated carbocycles. The highest BCUT2D eigenvalue weighted by molar-refractivity contribution is 8.00. The Morgan fingerprint density at radius 3 is 2.50 bits per heavy atom. The Morgan fingerprint density at radius 1 is 1.14 bits per heavy atom. The van der Waals surface area contributed by atoms with Crippen molar-refractivity contribution in [3.63, 3.8) is 0 Å². The van der Waals surface area contributed by atoms with Gasteiger partial charge in [-0.2, -0.15) is 0 Å². The Labute approximate surface area is 132 Å². The fourth-order valence-electron chi connectivity index (χ4n) is 2.62. The van der Waals surface area contributed by atoms with Gasteiger partial charge >= 0.3 is 0 Å². The number of nitrogens with one attached hydrogen (secondary N) is 1. The average Bonchev–Trinajstić information content (AvgIpc) is 2.53. The van der Waals surface area contributed by atoms with E-state index in [9.17, 15) is 14.4 Å². The molecule has 0 aliphatic carbocycles. The van der Waals surface area contributed by atoms with Gasteiger partial charge in [0, 0.05) is 43.6 Å². The number of anilines is 1. The van der Waals surface area contributed by atoms with E-state index >= 15 is 0 Å². The third kappa shape index (κ3) is 2.94. The van der Waals surface area contributed by atoms with Gasteiger partial charge < -0.3 is 15.1 Å². The van der Waals surface area contributed by atoms with E-state index in [4.69, 9.17) is 0 Å². The van der Waals surface area contributed by atoms with E-state index in [-0.39, 0.29) is 17.7 Å². The van der Waals surface area contributed by atoms with Gasteiger partial charge in [0.1, 0.15) is 0 Å². The number of thioether (sulfide) groups is 1. The molecule has 22 heavy (non-hydrogen) atoms. The molecule has 0 spiro atoms. The highest BCUT2D eigenvalue weighted by Gasteiger charge is 2.24. The predicted octanol–water partition coefficient (Wildman–Crippen LogP) is 1.04. The van der Waals surface area contributed by atoms with Crippen molar-refractivity contribution in [2.45, 2.75) is 11.8 Å². The number of nitrogens with zero attached hydrogens (tertiary/aromatic N) is 2. The molecule has 0 aromatic heterocycles. The largest absolute Gasteiger partial charge is 0.339 e. The van der Waals surface area contributed by atoms with Crippen LogP contribution in [-0.2, 0) is 9.59 Å². The molecule has 2 heterocycles. The summed E-state index contributed by atoms with van der Waals surface area (Å²) in [4.78, 5) is 39.8. The van der Waals surface area contributed by atoms with Crippen LogP contribution in [0.4, 0.5) is 5.69 Å². The van der Waals surface area contributed by atoms with Crippen LogP contribution in [0.25, 0.3) is 0 Å². The molecule has 3 rings (SSSR count). The van der Waals surface area contributed by atoms with Crippen LogP contribution in [0.2, 0.25) is 0 Å². The van der Waals surface area contributed by atoms with Gasteiger partial charge in [0.2, 0.25) is 11.8 Å². The van der Waals surface area contributed by atoms with Gasteiger partial charge in [0.05, 0.1) is 11.4 Å². The summed E-state index contributed by atoms with van der Waals surface area (Å²) in [5.74, 6) is 0.349. The quantitative estimate of drug-likeness (QED) is 0.839. The maximum atomic E-state index is 12.5. The van der Waals surface area contributed by atoms with Crippen LogP contribution in [0, 0.1) is 0 Å². The molecular formula is C15H17N3O3S. The van der Waals surface area contributed by atoms with Crippen LogP contribution >= 0.6 is 11.8 Å². The predicted molar refractivity (Wildman–Crippen MR) is 84.0 cm³/mol. The topological polar surface area (TPSA) is 69.7 Å². The number of piperazine rings is 1. The highest BCUT2D eigenvalue weighted by Crippen LogP contribution is 2.32. The van der Waals surface area contributed by atoms with Crippen molar-refractivity contribution < 1.29 is 14.4 Å². The van der Waals surface area contributed by atoms with Gasteiger partial charge in [-0.25, -0.2) is 0 Å². The van der Waals surface area contributed by atoms with E-state index in [1.54, 1.807) is 28.9 Å². The van der Waals surface area contributed by atoms with Crippen LogP contribution in [0.3, 0.4) is 0 Å². The van der Waals surface area contributed by atoms with Gasteiger partial charge in [0.25, 0.3) is 5.91 Å². The molecule has 0 unspecified atom stereocenters. The van der Waals surface area contributed by atoms with E-state index in [1.807, 2.05) is 6.07 Å². The molecule has 2 aliphatic rings. The molecule has 1 fully saturated rings. The normalized spacial score (nSPS) is 17.8. The molecule has 3 amide bonds. The third-order valence-corrected chi connectivity index (χ3v) is 4.95. The molecule has 1 saturated heterocycles. The van der Waals surface area contributed by atoms with E-state index in [2.05, 4.69) is 5.32 Å². The number of hydrogen-bond donors (Lipinski definition) is 1. The Bertz CT molecular complexity index is 639. The molecule has 0 bridgehead atoms. The van der Waals surface area contributed by atoms with Gasteiger partial charge in [0.15, 0.2) is 0 Å². The number of benzene rings is 1. The lowest BCUT2D eigenvalue weighted by Gasteiger charge is -2.34. The van der Waals surface area contributed by atoms with E-state index < -0.39 is 0 Å². The molecule has 7 heteroatoms. The van der Waals surface area contributed by atoms with Crippen molar-refractivity contribution in [3.05, 3.63) is 23.8 Å². The number of amides is 3. The van der Waals surface area contributed by atoms with Gasteiger partial charge in [-0.1, -0.05) is 0 Å². The summed E-state index contributed by atoms with van der Waals surface area (Å²) in [6.07, 6.45) is 0. The highest BCUT2D eigenvalue weighted by atomic mass is 32.2. The average molecular weight is 319 g/mol. The van der Waals surface area contributed by atoms with Gasteiger partial charge in [-0.15, -0.1) is 11.8 Å². The second-order valence-electron chi connectivity index (χ2n) is 5.35. The molecule has 0 radical (unpaired) electrons. The fourth-order valence-corrected chi connectivity index (χ4v) is 3.41. The second-order valence-corrected chi connectivity index (χ2v) is 6.36. The number of fused-ring (bicyclic) bond motifs is 1. The number of carbonyl (C=O) groups is 3. The number of rotatable bonds is 1. The van der Waals surface area contributed by atoms with Crippen LogP contribution < -0.4 is 5.32 Å². The zero-order valence-electron chi connectivity index (χ0n) is 12.3. The van der Waals surface area contributed by atoms with Crippen molar-refractivity contribution in [2.75, 3.05) is 37.2 Å². The summed E-state index contributed by atoms with van der Waals surface area (Å²) in [6, 6.07) is 5.40. The summed E-state index contributed by atoms with van der Waals surface area (Å²) in [6.45, 7) is 3.76. The molecule has 1 N–H and O–H groups in total. The summed E-state index contributed by atoms with van der Waals surface area (Å²) >= 11 is 1.48. The Morgan fingerprint density at radius 2 is 1.82 bits per heavy atom. The van der Waals surface area contributed by atoms with Gasteiger partial charge in [-0.05, 0) is 18.2 Å². The maximum absolute atomic E-state index is 12.5. The first-order valence-electron chi connectivity index (χ1n) is 7.16.